The van der Waals surface area contributed by atoms with Crippen LogP contribution in [-0.2, 0) is 18.7 Å². The second-order valence-electron chi connectivity index (χ2n) is 4.70. The molecular formula is C13H13ClN6O. The maximum atomic E-state index is 11.1. The zero-order chi connectivity index (χ0) is 14.7. The van der Waals surface area contributed by atoms with Crippen LogP contribution in [0.2, 0.25) is 5.02 Å². The molecule has 0 aliphatic heterocycles. The molecule has 0 radical (unpaired) electrons. The molecule has 21 heavy (non-hydrogen) atoms. The maximum Gasteiger partial charge on any atom is 0.137 e. The predicted octanol–water partition coefficient (Wildman–Crippen LogP) is 1.11. The smallest absolute Gasteiger partial charge is 0.137 e. The van der Waals surface area contributed by atoms with E-state index in [0.29, 0.717) is 10.6 Å². The van der Waals surface area contributed by atoms with E-state index in [9.17, 15) is 5.11 Å². The van der Waals surface area contributed by atoms with E-state index in [0.717, 1.165) is 0 Å². The summed E-state index contributed by atoms with van der Waals surface area (Å²) in [5, 5.41) is 19.7. The first-order chi connectivity index (χ1) is 10.2. The summed E-state index contributed by atoms with van der Waals surface area (Å²) in [7, 11) is 0. The fourth-order valence-corrected chi connectivity index (χ4v) is 2.54. The van der Waals surface area contributed by atoms with E-state index in [1.54, 1.807) is 34.2 Å². The van der Waals surface area contributed by atoms with Crippen LogP contribution in [0.15, 0.2) is 49.6 Å². The Morgan fingerprint density at radius 2 is 1.57 bits per heavy atom. The second-order valence-corrected chi connectivity index (χ2v) is 5.10. The van der Waals surface area contributed by atoms with Gasteiger partial charge in [0.15, 0.2) is 0 Å². The highest BCUT2D eigenvalue weighted by molar-refractivity contribution is 6.31. The van der Waals surface area contributed by atoms with Crippen LogP contribution in [0, 0.1) is 0 Å². The highest BCUT2D eigenvalue weighted by Gasteiger charge is 2.33. The Bertz CT molecular complexity index is 661. The fraction of sp³-hybridized carbons (Fsp3) is 0.231. The van der Waals surface area contributed by atoms with E-state index in [4.69, 9.17) is 11.6 Å². The molecule has 0 amide bonds. The number of rotatable bonds is 5. The number of aromatic nitrogens is 6. The number of hydrogen-bond acceptors (Lipinski definition) is 5. The first kappa shape index (κ1) is 13.7. The molecule has 2 heterocycles. The molecule has 3 aromatic rings. The molecule has 0 unspecified atom stereocenters. The van der Waals surface area contributed by atoms with Crippen LogP contribution in [0.5, 0.6) is 0 Å². The molecule has 2 aromatic heterocycles. The first-order valence-electron chi connectivity index (χ1n) is 6.30. The third-order valence-corrected chi connectivity index (χ3v) is 3.49. The van der Waals surface area contributed by atoms with E-state index >= 15 is 0 Å². The molecule has 0 spiro atoms. The van der Waals surface area contributed by atoms with Gasteiger partial charge in [0.2, 0.25) is 0 Å². The van der Waals surface area contributed by atoms with Crippen LogP contribution in [-0.4, -0.2) is 34.6 Å². The Balaban J connectivity index is 1.99. The van der Waals surface area contributed by atoms with Gasteiger partial charge in [-0.05, 0) is 6.07 Å². The molecule has 0 aliphatic carbocycles. The molecule has 3 rings (SSSR count). The van der Waals surface area contributed by atoms with Gasteiger partial charge in [-0.3, -0.25) is 0 Å². The average Bonchev–Trinajstić information content (AvgIpc) is 3.13. The molecule has 108 valence electrons. The molecule has 8 heteroatoms. The molecule has 1 aromatic carbocycles. The van der Waals surface area contributed by atoms with Gasteiger partial charge in [-0.2, -0.15) is 10.2 Å². The summed E-state index contributed by atoms with van der Waals surface area (Å²) in [6.45, 7) is 0.410. The van der Waals surface area contributed by atoms with Crippen molar-refractivity contribution in [1.29, 1.82) is 0 Å². The molecule has 0 saturated heterocycles. The highest BCUT2D eigenvalue weighted by Crippen LogP contribution is 2.30. The van der Waals surface area contributed by atoms with Gasteiger partial charge in [0, 0.05) is 10.6 Å². The minimum atomic E-state index is -1.28. The van der Waals surface area contributed by atoms with Gasteiger partial charge in [0.1, 0.15) is 30.9 Å². The topological polar surface area (TPSA) is 81.6 Å². The van der Waals surface area contributed by atoms with Crippen molar-refractivity contribution in [3.05, 3.63) is 60.2 Å². The average molecular weight is 305 g/mol. The lowest BCUT2D eigenvalue weighted by Crippen LogP contribution is -2.37. The van der Waals surface area contributed by atoms with Gasteiger partial charge in [-0.1, -0.05) is 29.8 Å². The van der Waals surface area contributed by atoms with Crippen LogP contribution in [0.1, 0.15) is 5.56 Å². The summed E-state index contributed by atoms with van der Waals surface area (Å²) in [5.41, 5.74) is -0.669. The van der Waals surface area contributed by atoms with Crippen molar-refractivity contribution in [2.75, 3.05) is 0 Å². The van der Waals surface area contributed by atoms with Crippen molar-refractivity contribution in [3.8, 4) is 0 Å². The number of halogens is 1. The molecule has 0 aliphatic rings. The standard InChI is InChI=1S/C13H13ClN6O/c14-12-4-2-1-3-11(12)13(21,5-19-9-15-7-17-19)6-20-10-16-8-18-20/h1-4,7-10,21H,5-6H2. The van der Waals surface area contributed by atoms with Gasteiger partial charge >= 0.3 is 0 Å². The number of hydrogen-bond donors (Lipinski definition) is 1. The van der Waals surface area contributed by atoms with E-state index in [1.807, 2.05) is 12.1 Å². The van der Waals surface area contributed by atoms with E-state index in [2.05, 4.69) is 20.2 Å². The van der Waals surface area contributed by atoms with Gasteiger partial charge in [-0.15, -0.1) is 0 Å². The number of nitrogens with zero attached hydrogens (tertiary/aromatic N) is 6. The molecule has 1 N–H and O–H groups in total. The van der Waals surface area contributed by atoms with Crippen LogP contribution in [0.4, 0.5) is 0 Å². The zero-order valence-corrected chi connectivity index (χ0v) is 11.8. The SMILES string of the molecule is OC(Cn1cncn1)(Cn1cncn1)c1ccccc1Cl. The monoisotopic (exact) mass is 304 g/mol. The van der Waals surface area contributed by atoms with Crippen LogP contribution >= 0.6 is 11.6 Å². The maximum absolute atomic E-state index is 11.1. The Morgan fingerprint density at radius 1 is 1.00 bits per heavy atom. The Hall–Kier alpha value is -2.25. The van der Waals surface area contributed by atoms with Crippen molar-refractivity contribution < 1.29 is 5.11 Å². The summed E-state index contributed by atoms with van der Waals surface area (Å²) in [6, 6.07) is 7.17. The second kappa shape index (κ2) is 5.63. The van der Waals surface area contributed by atoms with Crippen molar-refractivity contribution in [2.24, 2.45) is 0 Å². The molecular weight excluding hydrogens is 292 g/mol. The highest BCUT2D eigenvalue weighted by atomic mass is 35.5. The summed E-state index contributed by atoms with van der Waals surface area (Å²) >= 11 is 6.24. The van der Waals surface area contributed by atoms with Gasteiger partial charge < -0.3 is 5.11 Å². The lowest BCUT2D eigenvalue weighted by molar-refractivity contribution is -0.00531. The van der Waals surface area contributed by atoms with E-state index in [-0.39, 0.29) is 13.1 Å². The molecule has 7 nitrogen and oxygen atoms in total. The van der Waals surface area contributed by atoms with Crippen LogP contribution in [0.25, 0.3) is 0 Å². The first-order valence-corrected chi connectivity index (χ1v) is 6.67. The summed E-state index contributed by atoms with van der Waals surface area (Å²) in [4.78, 5) is 7.78. The largest absolute Gasteiger partial charge is 0.381 e. The third kappa shape index (κ3) is 2.93. The van der Waals surface area contributed by atoms with Gasteiger partial charge in [-0.25, -0.2) is 19.3 Å². The summed E-state index contributed by atoms with van der Waals surface area (Å²) in [5.74, 6) is 0. The Kier molecular flexibility index (Phi) is 3.68. The number of benzene rings is 1. The zero-order valence-electron chi connectivity index (χ0n) is 11.0. The quantitative estimate of drug-likeness (QED) is 0.763. The van der Waals surface area contributed by atoms with E-state index < -0.39 is 5.60 Å². The normalized spacial score (nSPS) is 11.7. The fourth-order valence-electron chi connectivity index (χ4n) is 2.22. The van der Waals surface area contributed by atoms with Crippen molar-refractivity contribution in [2.45, 2.75) is 18.7 Å². The molecule has 0 saturated carbocycles. The van der Waals surface area contributed by atoms with Gasteiger partial charge in [0.05, 0.1) is 13.1 Å². The Labute approximate surface area is 125 Å². The minimum Gasteiger partial charge on any atom is -0.381 e. The van der Waals surface area contributed by atoms with E-state index in [1.165, 1.54) is 12.7 Å². The third-order valence-electron chi connectivity index (χ3n) is 3.16. The lowest BCUT2D eigenvalue weighted by Gasteiger charge is -2.29. The van der Waals surface area contributed by atoms with Gasteiger partial charge in [0.25, 0.3) is 0 Å². The molecule has 0 bridgehead atoms. The predicted molar refractivity (Wildman–Crippen MR) is 75.4 cm³/mol. The Morgan fingerprint density at radius 3 is 2.05 bits per heavy atom. The van der Waals surface area contributed by atoms with Crippen LogP contribution < -0.4 is 0 Å². The van der Waals surface area contributed by atoms with Crippen molar-refractivity contribution in [3.63, 3.8) is 0 Å². The molecule has 0 fully saturated rings. The lowest BCUT2D eigenvalue weighted by atomic mass is 9.93. The number of aliphatic hydroxyl groups is 1. The summed E-state index contributed by atoms with van der Waals surface area (Å²) < 4.78 is 3.11. The molecule has 0 atom stereocenters. The van der Waals surface area contributed by atoms with Crippen LogP contribution in [0.3, 0.4) is 0 Å². The van der Waals surface area contributed by atoms with Crippen molar-refractivity contribution >= 4 is 11.6 Å². The van der Waals surface area contributed by atoms with Crippen molar-refractivity contribution in [1.82, 2.24) is 29.5 Å². The minimum absolute atomic E-state index is 0.205. The summed E-state index contributed by atoms with van der Waals surface area (Å²) in [6.07, 6.45) is 5.93.